The monoisotopic (exact) mass is 328 g/mol. The Morgan fingerprint density at radius 2 is 1.04 bits per heavy atom. The number of nitrogens with zero attached hydrogens (tertiary/aromatic N) is 2. The van der Waals surface area contributed by atoms with Gasteiger partial charge < -0.3 is 19.3 Å². The lowest BCUT2D eigenvalue weighted by Gasteiger charge is -2.21. The van der Waals surface area contributed by atoms with Gasteiger partial charge in [0.2, 0.25) is 0 Å². The average molecular weight is 328 g/mol. The second-order valence-electron chi connectivity index (χ2n) is 5.21. The number of rotatable bonds is 5. The number of amides is 2. The van der Waals surface area contributed by atoms with Crippen LogP contribution in [0, 0.1) is 0 Å². The second kappa shape index (κ2) is 8.57. The zero-order valence-electron chi connectivity index (χ0n) is 13.7. The molecule has 0 unspecified atom stereocenters. The van der Waals surface area contributed by atoms with Crippen molar-refractivity contribution >= 4 is 12.2 Å². The van der Waals surface area contributed by atoms with E-state index in [9.17, 15) is 9.59 Å². The van der Waals surface area contributed by atoms with Crippen molar-refractivity contribution in [3.63, 3.8) is 0 Å². The van der Waals surface area contributed by atoms with Crippen molar-refractivity contribution in [2.75, 3.05) is 27.2 Å². The minimum absolute atomic E-state index is 0.325. The number of carbonyl (C=O) groups excluding carboxylic acids is 2. The molecule has 0 aliphatic carbocycles. The fraction of sp³-hybridized carbons (Fsp3) is 0.222. The van der Waals surface area contributed by atoms with Crippen molar-refractivity contribution in [3.8, 4) is 11.5 Å². The summed E-state index contributed by atoms with van der Waals surface area (Å²) < 4.78 is 10.4. The molecule has 2 aromatic rings. The van der Waals surface area contributed by atoms with Crippen molar-refractivity contribution in [3.05, 3.63) is 60.7 Å². The number of ether oxygens (including phenoxy) is 2. The molecule has 0 aromatic heterocycles. The molecule has 2 aromatic carbocycles. The normalized spacial score (nSPS) is 9.92. The Labute approximate surface area is 141 Å². The fourth-order valence-electron chi connectivity index (χ4n) is 1.82. The van der Waals surface area contributed by atoms with Gasteiger partial charge in [0.1, 0.15) is 11.5 Å². The first-order chi connectivity index (χ1) is 11.6. The van der Waals surface area contributed by atoms with Gasteiger partial charge in [-0.3, -0.25) is 0 Å². The number of hydrogen-bond donors (Lipinski definition) is 0. The molecule has 2 amide bonds. The molecular formula is C18H20N2O4. The highest BCUT2D eigenvalue weighted by Crippen LogP contribution is 2.11. The van der Waals surface area contributed by atoms with Gasteiger partial charge in [0.15, 0.2) is 0 Å². The Balaban J connectivity index is 1.77. The summed E-state index contributed by atoms with van der Waals surface area (Å²) in [6.45, 7) is 0.651. The highest BCUT2D eigenvalue weighted by Gasteiger charge is 2.15. The van der Waals surface area contributed by atoms with Crippen LogP contribution in [-0.2, 0) is 0 Å². The Hall–Kier alpha value is -3.02. The van der Waals surface area contributed by atoms with Crippen LogP contribution in [0.2, 0.25) is 0 Å². The number of benzene rings is 2. The van der Waals surface area contributed by atoms with Crippen molar-refractivity contribution in [2.45, 2.75) is 0 Å². The van der Waals surface area contributed by atoms with Gasteiger partial charge in [-0.05, 0) is 24.3 Å². The SMILES string of the molecule is CN(CCN(C)C(=O)Oc1ccccc1)C(=O)Oc1ccccc1. The van der Waals surface area contributed by atoms with Crippen LogP contribution in [0.5, 0.6) is 11.5 Å². The van der Waals surface area contributed by atoms with Crippen LogP contribution < -0.4 is 9.47 Å². The molecule has 0 fully saturated rings. The predicted molar refractivity (Wildman–Crippen MR) is 90.2 cm³/mol. The lowest BCUT2D eigenvalue weighted by molar-refractivity contribution is 0.145. The zero-order valence-corrected chi connectivity index (χ0v) is 13.7. The first-order valence-electron chi connectivity index (χ1n) is 7.52. The zero-order chi connectivity index (χ0) is 17.4. The van der Waals surface area contributed by atoms with Crippen LogP contribution in [-0.4, -0.2) is 49.2 Å². The van der Waals surface area contributed by atoms with Gasteiger partial charge in [0.05, 0.1) is 0 Å². The summed E-state index contributed by atoms with van der Waals surface area (Å²) in [6, 6.07) is 17.6. The number of hydrogen-bond acceptors (Lipinski definition) is 4. The van der Waals surface area contributed by atoms with E-state index >= 15 is 0 Å². The maximum absolute atomic E-state index is 12.0. The molecule has 0 atom stereocenters. The van der Waals surface area contributed by atoms with Crippen LogP contribution in [0.4, 0.5) is 9.59 Å². The minimum Gasteiger partial charge on any atom is -0.410 e. The molecule has 0 saturated heterocycles. The summed E-state index contributed by atoms with van der Waals surface area (Å²) >= 11 is 0. The Morgan fingerprint density at radius 3 is 1.38 bits per heavy atom. The second-order valence-corrected chi connectivity index (χ2v) is 5.21. The highest BCUT2D eigenvalue weighted by molar-refractivity contribution is 5.71. The van der Waals surface area contributed by atoms with Gasteiger partial charge in [0, 0.05) is 27.2 Å². The molecule has 0 spiro atoms. The molecule has 0 aliphatic rings. The summed E-state index contributed by atoms with van der Waals surface area (Å²) in [5, 5.41) is 0. The number of para-hydroxylation sites is 2. The molecule has 6 nitrogen and oxygen atoms in total. The number of carbonyl (C=O) groups is 2. The molecule has 126 valence electrons. The summed E-state index contributed by atoms with van der Waals surface area (Å²) in [6.07, 6.45) is -0.961. The van der Waals surface area contributed by atoms with E-state index in [1.165, 1.54) is 9.80 Å². The van der Waals surface area contributed by atoms with Crippen LogP contribution in [0.25, 0.3) is 0 Å². The lowest BCUT2D eigenvalue weighted by atomic mass is 10.3. The molecule has 2 rings (SSSR count). The maximum atomic E-state index is 12.0. The third-order valence-corrected chi connectivity index (χ3v) is 3.29. The van der Waals surface area contributed by atoms with E-state index in [0.29, 0.717) is 24.6 Å². The topological polar surface area (TPSA) is 59.1 Å². The lowest BCUT2D eigenvalue weighted by Crippen LogP contribution is -2.39. The molecule has 6 heteroatoms. The molecule has 24 heavy (non-hydrogen) atoms. The van der Waals surface area contributed by atoms with E-state index < -0.39 is 12.2 Å². The van der Waals surface area contributed by atoms with Gasteiger partial charge in [-0.15, -0.1) is 0 Å². The average Bonchev–Trinajstić information content (AvgIpc) is 2.61. The molecule has 0 aliphatic heterocycles. The fourth-order valence-corrected chi connectivity index (χ4v) is 1.82. The smallest absolute Gasteiger partial charge is 0.410 e. The van der Waals surface area contributed by atoms with Gasteiger partial charge in [-0.1, -0.05) is 36.4 Å². The summed E-state index contributed by atoms with van der Waals surface area (Å²) in [7, 11) is 3.23. The third kappa shape index (κ3) is 5.31. The van der Waals surface area contributed by atoms with Crippen LogP contribution >= 0.6 is 0 Å². The molecular weight excluding hydrogens is 308 g/mol. The molecule has 0 saturated carbocycles. The molecule has 0 bridgehead atoms. The van der Waals surface area contributed by atoms with E-state index in [1.807, 2.05) is 12.1 Å². The Kier molecular flexibility index (Phi) is 6.19. The van der Waals surface area contributed by atoms with E-state index in [0.717, 1.165) is 0 Å². The van der Waals surface area contributed by atoms with Crippen LogP contribution in [0.3, 0.4) is 0 Å². The number of likely N-dealkylation sites (N-methyl/N-ethyl adjacent to an activating group) is 2. The van der Waals surface area contributed by atoms with E-state index in [2.05, 4.69) is 0 Å². The standard InChI is InChI=1S/C18H20N2O4/c1-19(17(21)23-15-9-5-3-6-10-15)13-14-20(2)18(22)24-16-11-7-4-8-12-16/h3-12H,13-14H2,1-2H3. The van der Waals surface area contributed by atoms with E-state index in [1.54, 1.807) is 62.6 Å². The quantitative estimate of drug-likeness (QED) is 0.845. The molecule has 0 N–H and O–H groups in total. The van der Waals surface area contributed by atoms with E-state index in [-0.39, 0.29) is 0 Å². The first-order valence-corrected chi connectivity index (χ1v) is 7.52. The van der Waals surface area contributed by atoms with Crippen molar-refractivity contribution in [2.24, 2.45) is 0 Å². The van der Waals surface area contributed by atoms with Gasteiger partial charge in [0.25, 0.3) is 0 Å². The summed E-state index contributed by atoms with van der Waals surface area (Å²) in [4.78, 5) is 26.7. The van der Waals surface area contributed by atoms with Gasteiger partial charge in [-0.2, -0.15) is 0 Å². The summed E-state index contributed by atoms with van der Waals surface area (Å²) in [5.41, 5.74) is 0. The minimum atomic E-state index is -0.481. The van der Waals surface area contributed by atoms with E-state index in [4.69, 9.17) is 9.47 Å². The Morgan fingerprint density at radius 1 is 0.708 bits per heavy atom. The van der Waals surface area contributed by atoms with Crippen molar-refractivity contribution in [1.29, 1.82) is 0 Å². The van der Waals surface area contributed by atoms with Crippen LogP contribution in [0.15, 0.2) is 60.7 Å². The molecule has 0 heterocycles. The maximum Gasteiger partial charge on any atom is 0.415 e. The van der Waals surface area contributed by atoms with Gasteiger partial charge in [-0.25, -0.2) is 9.59 Å². The van der Waals surface area contributed by atoms with Crippen LogP contribution in [0.1, 0.15) is 0 Å². The largest absolute Gasteiger partial charge is 0.415 e. The predicted octanol–water partition coefficient (Wildman–Crippen LogP) is 3.25. The third-order valence-electron chi connectivity index (χ3n) is 3.29. The van der Waals surface area contributed by atoms with Crippen molar-refractivity contribution < 1.29 is 19.1 Å². The first kappa shape index (κ1) is 17.3. The van der Waals surface area contributed by atoms with Crippen molar-refractivity contribution in [1.82, 2.24) is 9.80 Å². The molecule has 0 radical (unpaired) electrons. The Bertz CT molecular complexity index is 602. The summed E-state index contributed by atoms with van der Waals surface area (Å²) in [5.74, 6) is 0.956. The highest BCUT2D eigenvalue weighted by atomic mass is 16.6. The van der Waals surface area contributed by atoms with Gasteiger partial charge >= 0.3 is 12.2 Å².